The van der Waals surface area contributed by atoms with Gasteiger partial charge in [0.2, 0.25) is 0 Å². The lowest BCUT2D eigenvalue weighted by molar-refractivity contribution is 0.517. The zero-order valence-corrected chi connectivity index (χ0v) is 13.2. The molecule has 2 nitrogen and oxygen atoms in total. The molecule has 0 aliphatic heterocycles. The highest BCUT2D eigenvalue weighted by Gasteiger charge is 2.25. The lowest BCUT2D eigenvalue weighted by atomic mass is 9.84. The summed E-state index contributed by atoms with van der Waals surface area (Å²) in [6.45, 7) is 8.79. The van der Waals surface area contributed by atoms with Gasteiger partial charge in [-0.25, -0.2) is 4.98 Å². The number of aryl methyl sites for hydroxylation is 2. The maximum atomic E-state index is 4.65. The second-order valence-electron chi connectivity index (χ2n) is 5.75. The lowest BCUT2D eigenvalue weighted by Gasteiger charge is -2.23. The Morgan fingerprint density at radius 1 is 1.26 bits per heavy atom. The van der Waals surface area contributed by atoms with Crippen molar-refractivity contribution in [3.8, 4) is 0 Å². The van der Waals surface area contributed by atoms with Crippen molar-refractivity contribution in [3.63, 3.8) is 0 Å². The Kier molecular flexibility index (Phi) is 3.95. The van der Waals surface area contributed by atoms with E-state index in [9.17, 15) is 0 Å². The molecule has 19 heavy (non-hydrogen) atoms. The Bertz CT molecular complexity index is 570. The van der Waals surface area contributed by atoms with Crippen LogP contribution in [0.2, 0.25) is 0 Å². The van der Waals surface area contributed by atoms with Crippen LogP contribution in [-0.4, -0.2) is 12.0 Å². The zero-order chi connectivity index (χ0) is 14.0. The Hall–Kier alpha value is -1.35. The molecule has 1 aromatic carbocycles. The van der Waals surface area contributed by atoms with Crippen LogP contribution in [0.25, 0.3) is 0 Å². The van der Waals surface area contributed by atoms with Gasteiger partial charge in [-0.15, -0.1) is 11.3 Å². The Labute approximate surface area is 119 Å². The number of rotatable bonds is 4. The summed E-state index contributed by atoms with van der Waals surface area (Å²) < 4.78 is 0. The van der Waals surface area contributed by atoms with E-state index in [1.165, 1.54) is 21.8 Å². The van der Waals surface area contributed by atoms with Crippen LogP contribution in [0.4, 0.5) is 5.69 Å². The van der Waals surface area contributed by atoms with Crippen LogP contribution < -0.4 is 5.32 Å². The monoisotopic (exact) mass is 274 g/mol. The highest BCUT2D eigenvalue weighted by molar-refractivity contribution is 7.09. The molecule has 0 bridgehead atoms. The van der Waals surface area contributed by atoms with Crippen LogP contribution in [0, 0.1) is 13.8 Å². The van der Waals surface area contributed by atoms with Gasteiger partial charge >= 0.3 is 0 Å². The quantitative estimate of drug-likeness (QED) is 0.898. The standard InChI is InChI=1S/C16H22N2S/c1-11-6-7-14(17-5)8-13(11)9-16(3,4)15-18-12(2)10-19-15/h6-8,10,17H,9H2,1-5H3. The van der Waals surface area contributed by atoms with Gasteiger partial charge in [0.15, 0.2) is 0 Å². The van der Waals surface area contributed by atoms with Crippen molar-refractivity contribution in [2.45, 2.75) is 39.5 Å². The number of hydrogen-bond donors (Lipinski definition) is 1. The van der Waals surface area contributed by atoms with Gasteiger partial charge in [-0.05, 0) is 43.5 Å². The van der Waals surface area contributed by atoms with Gasteiger partial charge in [0.25, 0.3) is 0 Å². The number of benzene rings is 1. The van der Waals surface area contributed by atoms with Crippen molar-refractivity contribution in [2.75, 3.05) is 12.4 Å². The second kappa shape index (κ2) is 5.33. The van der Waals surface area contributed by atoms with Crippen LogP contribution in [0.5, 0.6) is 0 Å². The van der Waals surface area contributed by atoms with Crippen molar-refractivity contribution >= 4 is 17.0 Å². The molecule has 0 saturated carbocycles. The van der Waals surface area contributed by atoms with Gasteiger partial charge in [-0.1, -0.05) is 19.9 Å². The smallest absolute Gasteiger partial charge is 0.0987 e. The van der Waals surface area contributed by atoms with Crippen LogP contribution in [0.1, 0.15) is 35.7 Å². The molecule has 0 aliphatic carbocycles. The second-order valence-corrected chi connectivity index (χ2v) is 6.60. The predicted molar refractivity (Wildman–Crippen MR) is 84.3 cm³/mol. The van der Waals surface area contributed by atoms with E-state index < -0.39 is 0 Å². The fourth-order valence-corrected chi connectivity index (χ4v) is 3.16. The molecule has 0 unspecified atom stereocenters. The topological polar surface area (TPSA) is 24.9 Å². The highest BCUT2D eigenvalue weighted by Crippen LogP contribution is 2.31. The van der Waals surface area contributed by atoms with Crippen LogP contribution >= 0.6 is 11.3 Å². The van der Waals surface area contributed by atoms with Crippen molar-refractivity contribution < 1.29 is 0 Å². The first kappa shape index (κ1) is 14.1. The van der Waals surface area contributed by atoms with Gasteiger partial charge in [-0.3, -0.25) is 0 Å². The minimum atomic E-state index is 0.0794. The van der Waals surface area contributed by atoms with Crippen molar-refractivity contribution in [1.82, 2.24) is 4.98 Å². The minimum absolute atomic E-state index is 0.0794. The predicted octanol–water partition coefficient (Wildman–Crippen LogP) is 4.32. The fourth-order valence-electron chi connectivity index (χ4n) is 2.23. The summed E-state index contributed by atoms with van der Waals surface area (Å²) in [6.07, 6.45) is 1.02. The number of aromatic nitrogens is 1. The van der Waals surface area contributed by atoms with Crippen LogP contribution in [0.15, 0.2) is 23.6 Å². The van der Waals surface area contributed by atoms with E-state index in [2.05, 4.69) is 61.6 Å². The summed E-state index contributed by atoms with van der Waals surface area (Å²) in [5, 5.41) is 6.57. The number of nitrogens with one attached hydrogen (secondary N) is 1. The van der Waals surface area contributed by atoms with Gasteiger partial charge in [0.1, 0.15) is 0 Å². The average molecular weight is 274 g/mol. The van der Waals surface area contributed by atoms with E-state index in [4.69, 9.17) is 0 Å². The first-order chi connectivity index (χ1) is 8.92. The molecule has 1 heterocycles. The van der Waals surface area contributed by atoms with E-state index in [1.54, 1.807) is 11.3 Å². The number of anilines is 1. The molecule has 0 radical (unpaired) electrons. The molecule has 0 spiro atoms. The Balaban J connectivity index is 2.29. The molecule has 0 fully saturated rings. The molecule has 0 atom stereocenters. The number of hydrogen-bond acceptors (Lipinski definition) is 3. The van der Waals surface area contributed by atoms with Gasteiger partial charge in [0.05, 0.1) is 5.01 Å². The molecule has 3 heteroatoms. The number of thiazole rings is 1. The third kappa shape index (κ3) is 3.16. The highest BCUT2D eigenvalue weighted by atomic mass is 32.1. The lowest BCUT2D eigenvalue weighted by Crippen LogP contribution is -2.21. The third-order valence-electron chi connectivity index (χ3n) is 3.47. The van der Waals surface area contributed by atoms with Gasteiger partial charge in [0, 0.05) is 29.2 Å². The Morgan fingerprint density at radius 3 is 2.58 bits per heavy atom. The summed E-state index contributed by atoms with van der Waals surface area (Å²) in [5.74, 6) is 0. The summed E-state index contributed by atoms with van der Waals surface area (Å²) >= 11 is 1.76. The summed E-state index contributed by atoms with van der Waals surface area (Å²) in [7, 11) is 1.96. The van der Waals surface area contributed by atoms with E-state index in [0.717, 1.165) is 12.1 Å². The third-order valence-corrected chi connectivity index (χ3v) is 4.79. The molecule has 0 saturated heterocycles. The molecule has 102 valence electrons. The Morgan fingerprint density at radius 2 is 2.00 bits per heavy atom. The SMILES string of the molecule is CNc1ccc(C)c(CC(C)(C)c2nc(C)cs2)c1. The zero-order valence-electron chi connectivity index (χ0n) is 12.4. The maximum absolute atomic E-state index is 4.65. The van der Waals surface area contributed by atoms with Gasteiger partial charge < -0.3 is 5.32 Å². The van der Waals surface area contributed by atoms with E-state index in [1.807, 2.05) is 7.05 Å². The molecule has 2 aromatic rings. The first-order valence-electron chi connectivity index (χ1n) is 6.62. The number of nitrogens with zero attached hydrogens (tertiary/aromatic N) is 1. The summed E-state index contributed by atoms with van der Waals surface area (Å²) in [6, 6.07) is 6.56. The van der Waals surface area contributed by atoms with Crippen molar-refractivity contribution in [2.24, 2.45) is 0 Å². The molecule has 2 rings (SSSR count). The van der Waals surface area contributed by atoms with Crippen molar-refractivity contribution in [3.05, 3.63) is 45.4 Å². The van der Waals surface area contributed by atoms with Gasteiger partial charge in [-0.2, -0.15) is 0 Å². The van der Waals surface area contributed by atoms with E-state index in [0.29, 0.717) is 0 Å². The summed E-state index contributed by atoms with van der Waals surface area (Å²) in [5.41, 5.74) is 5.11. The first-order valence-corrected chi connectivity index (χ1v) is 7.50. The molecule has 1 aromatic heterocycles. The molecule has 0 aliphatic rings. The fraction of sp³-hybridized carbons (Fsp3) is 0.438. The maximum Gasteiger partial charge on any atom is 0.0987 e. The molecule has 0 amide bonds. The molecular weight excluding hydrogens is 252 g/mol. The van der Waals surface area contributed by atoms with E-state index >= 15 is 0 Å². The normalized spacial score (nSPS) is 11.6. The molecule has 1 N–H and O–H groups in total. The van der Waals surface area contributed by atoms with Crippen molar-refractivity contribution in [1.29, 1.82) is 0 Å². The largest absolute Gasteiger partial charge is 0.388 e. The van der Waals surface area contributed by atoms with Crippen LogP contribution in [-0.2, 0) is 11.8 Å². The summed E-state index contributed by atoms with van der Waals surface area (Å²) in [4.78, 5) is 4.65. The minimum Gasteiger partial charge on any atom is -0.388 e. The van der Waals surface area contributed by atoms with Crippen LogP contribution in [0.3, 0.4) is 0 Å². The molecular formula is C16H22N2S. The average Bonchev–Trinajstić information content (AvgIpc) is 2.79. The van der Waals surface area contributed by atoms with E-state index in [-0.39, 0.29) is 5.41 Å².